The van der Waals surface area contributed by atoms with Gasteiger partial charge in [-0.25, -0.2) is 5.43 Å². The molecule has 1 amide bonds. The maximum Gasteiger partial charge on any atom is 0.273 e. The van der Waals surface area contributed by atoms with Gasteiger partial charge in [0, 0.05) is 17.1 Å². The number of benzene rings is 2. The second kappa shape index (κ2) is 9.20. The first-order chi connectivity index (χ1) is 11.7. The Balaban J connectivity index is 2.08. The van der Waals surface area contributed by atoms with Gasteiger partial charge in [-0.1, -0.05) is 46.3 Å². The van der Waals surface area contributed by atoms with Crippen LogP contribution in [0.25, 0.3) is 0 Å². The summed E-state index contributed by atoms with van der Waals surface area (Å²) < 4.78 is 11.7. The number of methoxy groups -OCH3 is 1. The molecule has 24 heavy (non-hydrogen) atoms. The third-order valence-electron chi connectivity index (χ3n) is 3.23. The van der Waals surface area contributed by atoms with Crippen LogP contribution in [0.15, 0.2) is 58.1 Å². The molecule has 2 aromatic rings. The van der Waals surface area contributed by atoms with Gasteiger partial charge >= 0.3 is 0 Å². The van der Waals surface area contributed by atoms with Crippen molar-refractivity contribution in [1.29, 1.82) is 0 Å². The maximum atomic E-state index is 12.3. The third-order valence-corrected chi connectivity index (χ3v) is 3.72. The number of hydrogen-bond acceptors (Lipinski definition) is 4. The van der Waals surface area contributed by atoms with Crippen LogP contribution >= 0.6 is 15.9 Å². The molecular formula is C18H19BrN2O3. The SMILES string of the molecule is CCOc1ccc(Br)cc1/C=N\NC(=O)[C@@H](OC)c1ccccc1. The Labute approximate surface area is 149 Å². The zero-order chi connectivity index (χ0) is 17.4. The number of carbonyl (C=O) groups excluding carboxylic acids is 1. The number of halogens is 1. The molecule has 1 N–H and O–H groups in total. The number of nitrogens with one attached hydrogen (secondary N) is 1. The van der Waals surface area contributed by atoms with Crippen LogP contribution in [0.2, 0.25) is 0 Å². The first kappa shape index (κ1) is 18.2. The highest BCUT2D eigenvalue weighted by atomic mass is 79.9. The molecule has 0 unspecified atom stereocenters. The molecule has 0 spiro atoms. The van der Waals surface area contributed by atoms with Crippen molar-refractivity contribution in [2.24, 2.45) is 5.10 Å². The largest absolute Gasteiger partial charge is 0.493 e. The minimum Gasteiger partial charge on any atom is -0.493 e. The number of rotatable bonds is 7. The number of hydrogen-bond donors (Lipinski definition) is 1. The number of hydrazone groups is 1. The topological polar surface area (TPSA) is 59.9 Å². The summed E-state index contributed by atoms with van der Waals surface area (Å²) in [4.78, 5) is 12.3. The summed E-state index contributed by atoms with van der Waals surface area (Å²) in [6.07, 6.45) is 0.836. The smallest absolute Gasteiger partial charge is 0.273 e. The summed E-state index contributed by atoms with van der Waals surface area (Å²) in [5.41, 5.74) is 4.04. The predicted molar refractivity (Wildman–Crippen MR) is 97.2 cm³/mol. The average Bonchev–Trinajstić information content (AvgIpc) is 2.59. The van der Waals surface area contributed by atoms with Crippen molar-refractivity contribution in [1.82, 2.24) is 5.43 Å². The summed E-state index contributed by atoms with van der Waals surface area (Å²) in [6.45, 7) is 2.46. The molecule has 0 bridgehead atoms. The molecule has 0 radical (unpaired) electrons. The minimum absolute atomic E-state index is 0.340. The van der Waals surface area contributed by atoms with Gasteiger partial charge in [-0.15, -0.1) is 0 Å². The van der Waals surface area contributed by atoms with Crippen LogP contribution in [0.5, 0.6) is 5.75 Å². The first-order valence-corrected chi connectivity index (χ1v) is 8.28. The van der Waals surface area contributed by atoms with Crippen LogP contribution in [-0.2, 0) is 9.53 Å². The monoisotopic (exact) mass is 390 g/mol. The standard InChI is InChI=1S/C18H19BrN2O3/c1-3-24-16-10-9-15(19)11-14(16)12-20-21-18(22)17(23-2)13-7-5-4-6-8-13/h4-12,17H,3H2,1-2H3,(H,21,22)/b20-12-/t17-/m0/s1. The Morgan fingerprint density at radius 1 is 1.29 bits per heavy atom. The molecule has 0 aromatic heterocycles. The lowest BCUT2D eigenvalue weighted by Gasteiger charge is -2.13. The van der Waals surface area contributed by atoms with E-state index in [1.807, 2.05) is 55.5 Å². The van der Waals surface area contributed by atoms with E-state index in [2.05, 4.69) is 26.5 Å². The van der Waals surface area contributed by atoms with Crippen LogP contribution in [0, 0.1) is 0 Å². The Kier molecular flexibility index (Phi) is 6.96. The molecule has 1 atom stereocenters. The molecule has 126 valence electrons. The molecule has 6 heteroatoms. The van der Waals surface area contributed by atoms with Gasteiger partial charge in [-0.3, -0.25) is 4.79 Å². The van der Waals surface area contributed by atoms with Crippen LogP contribution < -0.4 is 10.2 Å². The van der Waals surface area contributed by atoms with E-state index in [1.54, 1.807) is 6.21 Å². The highest BCUT2D eigenvalue weighted by Gasteiger charge is 2.19. The Morgan fingerprint density at radius 3 is 2.71 bits per heavy atom. The number of nitrogens with zero attached hydrogens (tertiary/aromatic N) is 1. The fourth-order valence-electron chi connectivity index (χ4n) is 2.15. The van der Waals surface area contributed by atoms with E-state index in [9.17, 15) is 4.79 Å². The molecule has 0 heterocycles. The van der Waals surface area contributed by atoms with Crippen molar-refractivity contribution in [3.63, 3.8) is 0 Å². The van der Waals surface area contributed by atoms with Gasteiger partial charge in [-0.2, -0.15) is 5.10 Å². The van der Waals surface area contributed by atoms with Gasteiger partial charge in [0.2, 0.25) is 0 Å². The van der Waals surface area contributed by atoms with E-state index in [1.165, 1.54) is 7.11 Å². The molecule has 0 saturated carbocycles. The number of amides is 1. The average molecular weight is 391 g/mol. The van der Waals surface area contributed by atoms with E-state index in [-0.39, 0.29) is 5.91 Å². The molecular weight excluding hydrogens is 372 g/mol. The Bertz CT molecular complexity index is 705. The first-order valence-electron chi connectivity index (χ1n) is 7.48. The van der Waals surface area contributed by atoms with E-state index in [0.717, 1.165) is 15.6 Å². The van der Waals surface area contributed by atoms with Crippen molar-refractivity contribution < 1.29 is 14.3 Å². The quantitative estimate of drug-likeness (QED) is 0.579. The fraction of sp³-hybridized carbons (Fsp3) is 0.222. The molecule has 0 aliphatic carbocycles. The summed E-state index contributed by atoms with van der Waals surface area (Å²) >= 11 is 3.41. The van der Waals surface area contributed by atoms with Gasteiger partial charge < -0.3 is 9.47 Å². The molecule has 2 aromatic carbocycles. The Hall–Kier alpha value is -2.18. The lowest BCUT2D eigenvalue weighted by molar-refractivity contribution is -0.131. The molecule has 0 saturated heterocycles. The molecule has 0 aliphatic heterocycles. The molecule has 2 rings (SSSR count). The number of ether oxygens (including phenoxy) is 2. The minimum atomic E-state index is -0.711. The Morgan fingerprint density at radius 2 is 2.04 bits per heavy atom. The van der Waals surface area contributed by atoms with Crippen molar-refractivity contribution in [3.8, 4) is 5.75 Å². The fourth-order valence-corrected chi connectivity index (χ4v) is 2.53. The van der Waals surface area contributed by atoms with Crippen LogP contribution in [0.4, 0.5) is 0 Å². The second-order valence-electron chi connectivity index (χ2n) is 4.88. The molecule has 0 fully saturated rings. The van der Waals surface area contributed by atoms with E-state index < -0.39 is 6.10 Å². The zero-order valence-corrected chi connectivity index (χ0v) is 15.1. The van der Waals surface area contributed by atoms with Crippen molar-refractivity contribution in [2.75, 3.05) is 13.7 Å². The van der Waals surface area contributed by atoms with Gasteiger partial charge in [0.1, 0.15) is 5.75 Å². The zero-order valence-electron chi connectivity index (χ0n) is 13.5. The normalized spacial score (nSPS) is 12.1. The highest BCUT2D eigenvalue weighted by molar-refractivity contribution is 9.10. The van der Waals surface area contributed by atoms with Crippen molar-refractivity contribution in [2.45, 2.75) is 13.0 Å². The van der Waals surface area contributed by atoms with Gasteiger partial charge in [-0.05, 0) is 30.7 Å². The van der Waals surface area contributed by atoms with Crippen molar-refractivity contribution in [3.05, 3.63) is 64.1 Å². The molecule has 0 aliphatic rings. The van der Waals surface area contributed by atoms with Crippen molar-refractivity contribution >= 4 is 28.1 Å². The van der Waals surface area contributed by atoms with Crippen LogP contribution in [-0.4, -0.2) is 25.8 Å². The maximum absolute atomic E-state index is 12.3. The van der Waals surface area contributed by atoms with Crippen LogP contribution in [0.1, 0.15) is 24.2 Å². The summed E-state index contributed by atoms with van der Waals surface area (Å²) in [5, 5.41) is 4.01. The van der Waals surface area contributed by atoms with Crippen LogP contribution in [0.3, 0.4) is 0 Å². The van der Waals surface area contributed by atoms with Gasteiger partial charge in [0.05, 0.1) is 12.8 Å². The summed E-state index contributed by atoms with van der Waals surface area (Å²) in [5.74, 6) is 0.359. The van der Waals surface area contributed by atoms with E-state index in [4.69, 9.17) is 9.47 Å². The lowest BCUT2D eigenvalue weighted by Crippen LogP contribution is -2.26. The molecule has 5 nitrogen and oxygen atoms in total. The van der Waals surface area contributed by atoms with Gasteiger partial charge in [0.15, 0.2) is 6.10 Å². The van der Waals surface area contributed by atoms with E-state index >= 15 is 0 Å². The summed E-state index contributed by atoms with van der Waals surface area (Å²) in [6, 6.07) is 14.9. The summed E-state index contributed by atoms with van der Waals surface area (Å²) in [7, 11) is 1.49. The number of carbonyl (C=O) groups is 1. The highest BCUT2D eigenvalue weighted by Crippen LogP contribution is 2.22. The third kappa shape index (κ3) is 4.91. The predicted octanol–water partition coefficient (Wildman–Crippen LogP) is 3.69. The second-order valence-corrected chi connectivity index (χ2v) is 5.79. The lowest BCUT2D eigenvalue weighted by atomic mass is 10.1. The van der Waals surface area contributed by atoms with E-state index in [0.29, 0.717) is 12.4 Å². The van der Waals surface area contributed by atoms with Gasteiger partial charge in [0.25, 0.3) is 5.91 Å².